The number of nitrogens with zero attached hydrogens (tertiary/aromatic N) is 5. The molecule has 220 valence electrons. The zero-order valence-corrected chi connectivity index (χ0v) is 24.6. The highest BCUT2D eigenvalue weighted by Crippen LogP contribution is 2.37. The van der Waals surface area contributed by atoms with Crippen LogP contribution in [0.15, 0.2) is 24.4 Å². The Morgan fingerprint density at radius 3 is 2.46 bits per heavy atom. The summed E-state index contributed by atoms with van der Waals surface area (Å²) in [6.07, 6.45) is 13.8. The first-order chi connectivity index (χ1) is 19.9. The topological polar surface area (TPSA) is 103 Å². The molecule has 1 unspecified atom stereocenters. The van der Waals surface area contributed by atoms with Gasteiger partial charge in [0.05, 0.1) is 19.0 Å². The van der Waals surface area contributed by atoms with E-state index in [9.17, 15) is 9.59 Å². The van der Waals surface area contributed by atoms with Crippen molar-refractivity contribution in [2.75, 3.05) is 42.9 Å². The third-order valence-electron chi connectivity index (χ3n) is 9.72. The summed E-state index contributed by atoms with van der Waals surface area (Å²) >= 11 is 0. The second kappa shape index (κ2) is 11.8. The van der Waals surface area contributed by atoms with Crippen molar-refractivity contribution in [3.63, 3.8) is 0 Å². The van der Waals surface area contributed by atoms with Gasteiger partial charge < -0.3 is 30.1 Å². The second-order valence-corrected chi connectivity index (χ2v) is 12.2. The van der Waals surface area contributed by atoms with Crippen molar-refractivity contribution in [3.8, 4) is 5.75 Å². The first-order valence-corrected chi connectivity index (χ1v) is 15.3. The minimum absolute atomic E-state index is 0.0698. The molecule has 4 heterocycles. The van der Waals surface area contributed by atoms with Crippen LogP contribution in [-0.4, -0.2) is 78.6 Å². The maximum Gasteiger partial charge on any atom is 0.251 e. The van der Waals surface area contributed by atoms with E-state index in [1.807, 2.05) is 12.1 Å². The number of anilines is 4. The third kappa shape index (κ3) is 5.71. The van der Waals surface area contributed by atoms with Crippen molar-refractivity contribution in [1.82, 2.24) is 20.2 Å². The molecule has 2 amide bonds. The summed E-state index contributed by atoms with van der Waals surface area (Å²) in [5.74, 6) is 1.78. The minimum atomic E-state index is -0.0698. The number of hydrogen-bond acceptors (Lipinski definition) is 8. The van der Waals surface area contributed by atoms with Crippen LogP contribution in [0.3, 0.4) is 0 Å². The highest BCUT2D eigenvalue weighted by atomic mass is 16.5. The van der Waals surface area contributed by atoms with Gasteiger partial charge in [-0.2, -0.15) is 4.98 Å². The predicted molar refractivity (Wildman–Crippen MR) is 160 cm³/mol. The number of fused-ring (bicyclic) bond motifs is 3. The lowest BCUT2D eigenvalue weighted by atomic mass is 9.82. The molecule has 1 aliphatic carbocycles. The smallest absolute Gasteiger partial charge is 0.251 e. The average molecular weight is 562 g/mol. The predicted octanol–water partition coefficient (Wildman–Crippen LogP) is 4.48. The average Bonchev–Trinajstić information content (AvgIpc) is 3.10. The lowest BCUT2D eigenvalue weighted by Gasteiger charge is -2.47. The molecule has 4 aliphatic rings. The Bertz CT molecular complexity index is 1270. The molecule has 1 aromatic carbocycles. The summed E-state index contributed by atoms with van der Waals surface area (Å²) in [5, 5.41) is 6.59. The van der Waals surface area contributed by atoms with Crippen LogP contribution in [0.4, 0.5) is 23.1 Å². The number of ether oxygens (including phenoxy) is 1. The Kier molecular flexibility index (Phi) is 8.01. The molecule has 6 rings (SSSR count). The van der Waals surface area contributed by atoms with Crippen molar-refractivity contribution in [3.05, 3.63) is 30.0 Å². The van der Waals surface area contributed by atoms with Crippen LogP contribution in [0.25, 0.3) is 0 Å². The summed E-state index contributed by atoms with van der Waals surface area (Å²) in [6.45, 7) is 0.656. The molecular formula is C31H43N7O3. The van der Waals surface area contributed by atoms with Crippen molar-refractivity contribution in [2.24, 2.45) is 0 Å². The molecule has 41 heavy (non-hydrogen) atoms. The van der Waals surface area contributed by atoms with E-state index in [-0.39, 0.29) is 17.9 Å². The summed E-state index contributed by atoms with van der Waals surface area (Å²) in [6, 6.07) is 7.13. The molecule has 3 aliphatic heterocycles. The molecule has 10 heteroatoms. The van der Waals surface area contributed by atoms with Gasteiger partial charge in [-0.3, -0.25) is 9.59 Å². The van der Waals surface area contributed by atoms with Gasteiger partial charge in [0.25, 0.3) is 5.91 Å². The molecule has 3 fully saturated rings. The fourth-order valence-corrected chi connectivity index (χ4v) is 7.31. The standard InChI is InChI=1S/C31H43N7O3/c1-36-23-10-7-11-24(36)18-21(17-23)33-30(40)20-12-13-25(27(16-20)41-3)34-31-32-19-26-29(35-31)38(15-14-28(39)37(26)2)22-8-5-4-6-9-22/h12-13,16,19,21-24H,4-11,14-15,17-18H2,1-3H3,(H,33,40)(H,32,34,35)/t21?,23-,24+. The maximum absolute atomic E-state index is 13.2. The van der Waals surface area contributed by atoms with Crippen molar-refractivity contribution >= 4 is 35.0 Å². The number of amides is 2. The van der Waals surface area contributed by atoms with E-state index in [2.05, 4.69) is 32.5 Å². The van der Waals surface area contributed by atoms with Gasteiger partial charge in [0, 0.05) is 49.7 Å². The zero-order valence-electron chi connectivity index (χ0n) is 24.6. The number of rotatable bonds is 6. The van der Waals surface area contributed by atoms with Crippen LogP contribution in [-0.2, 0) is 4.79 Å². The quantitative estimate of drug-likeness (QED) is 0.532. The number of carbonyl (C=O) groups is 2. The molecule has 2 aromatic rings. The van der Waals surface area contributed by atoms with Crippen molar-refractivity contribution in [1.29, 1.82) is 0 Å². The molecule has 10 nitrogen and oxygen atoms in total. The highest BCUT2D eigenvalue weighted by molar-refractivity contribution is 5.97. The molecule has 3 atom stereocenters. The third-order valence-corrected chi connectivity index (χ3v) is 9.72. The SMILES string of the molecule is COc1cc(C(=O)NC2C[C@H]3CCC[C@@H](C2)N3C)ccc1Nc1ncc2c(n1)N(C1CCCCC1)CCC(=O)N2C. The van der Waals surface area contributed by atoms with Gasteiger partial charge in [-0.15, -0.1) is 0 Å². The number of benzene rings is 1. The molecule has 2 bridgehead atoms. The van der Waals surface area contributed by atoms with Gasteiger partial charge in [0.1, 0.15) is 11.4 Å². The largest absolute Gasteiger partial charge is 0.495 e. The van der Waals surface area contributed by atoms with Gasteiger partial charge in [-0.25, -0.2) is 4.98 Å². The van der Waals surface area contributed by atoms with Crippen molar-refractivity contribution in [2.45, 2.75) is 94.8 Å². The van der Waals surface area contributed by atoms with E-state index in [0.29, 0.717) is 54.0 Å². The second-order valence-electron chi connectivity index (χ2n) is 12.2. The van der Waals surface area contributed by atoms with Crippen LogP contribution < -0.4 is 25.2 Å². The van der Waals surface area contributed by atoms with Gasteiger partial charge in [-0.1, -0.05) is 25.7 Å². The van der Waals surface area contributed by atoms with E-state index >= 15 is 0 Å². The number of hydrogen-bond donors (Lipinski definition) is 2. The summed E-state index contributed by atoms with van der Waals surface area (Å²) in [7, 11) is 5.62. The Morgan fingerprint density at radius 2 is 1.73 bits per heavy atom. The molecule has 1 aromatic heterocycles. The molecule has 0 spiro atoms. The Hall–Kier alpha value is -3.40. The monoisotopic (exact) mass is 561 g/mol. The summed E-state index contributed by atoms with van der Waals surface area (Å²) in [4.78, 5) is 41.9. The van der Waals surface area contributed by atoms with Crippen LogP contribution in [0, 0.1) is 0 Å². The lowest BCUT2D eigenvalue weighted by Crippen LogP contribution is -2.55. The number of methoxy groups -OCH3 is 1. The number of nitrogens with one attached hydrogen (secondary N) is 2. The first-order valence-electron chi connectivity index (χ1n) is 15.3. The fourth-order valence-electron chi connectivity index (χ4n) is 7.31. The van der Waals surface area contributed by atoms with E-state index < -0.39 is 0 Å². The van der Waals surface area contributed by atoms with Gasteiger partial charge >= 0.3 is 0 Å². The number of aromatic nitrogens is 2. The van der Waals surface area contributed by atoms with Gasteiger partial charge in [-0.05, 0) is 63.8 Å². The van der Waals surface area contributed by atoms with E-state index in [4.69, 9.17) is 9.72 Å². The maximum atomic E-state index is 13.2. The molecule has 0 radical (unpaired) electrons. The zero-order chi connectivity index (χ0) is 28.5. The van der Waals surface area contributed by atoms with Crippen LogP contribution in [0.1, 0.15) is 81.0 Å². The Balaban J connectivity index is 1.20. The Morgan fingerprint density at radius 1 is 1.00 bits per heavy atom. The summed E-state index contributed by atoms with van der Waals surface area (Å²) < 4.78 is 5.69. The number of carbonyl (C=O) groups excluding carboxylic acids is 2. The van der Waals surface area contributed by atoms with E-state index in [1.54, 1.807) is 31.3 Å². The molecule has 2 saturated heterocycles. The van der Waals surface area contributed by atoms with Crippen molar-refractivity contribution < 1.29 is 14.3 Å². The summed E-state index contributed by atoms with van der Waals surface area (Å²) in [5.41, 5.74) is 1.99. The van der Waals surface area contributed by atoms with E-state index in [1.165, 1.54) is 38.5 Å². The van der Waals surface area contributed by atoms with Crippen LogP contribution in [0.5, 0.6) is 5.75 Å². The lowest BCUT2D eigenvalue weighted by molar-refractivity contribution is -0.118. The molecular weight excluding hydrogens is 518 g/mol. The van der Waals surface area contributed by atoms with Crippen LogP contribution in [0.2, 0.25) is 0 Å². The first kappa shape index (κ1) is 27.8. The van der Waals surface area contributed by atoms with E-state index in [0.717, 1.165) is 37.2 Å². The fraction of sp³-hybridized carbons (Fsp3) is 0.613. The van der Waals surface area contributed by atoms with Crippen LogP contribution >= 0.6 is 0 Å². The van der Waals surface area contributed by atoms with Gasteiger partial charge in [0.2, 0.25) is 11.9 Å². The normalized spacial score (nSPS) is 25.3. The molecule has 1 saturated carbocycles. The van der Waals surface area contributed by atoms with Gasteiger partial charge in [0.15, 0.2) is 5.82 Å². The highest BCUT2D eigenvalue weighted by Gasteiger charge is 2.36. The molecule has 2 N–H and O–H groups in total. The number of piperidine rings is 2. The Labute approximate surface area is 242 Å². The minimum Gasteiger partial charge on any atom is -0.495 e.